The minimum absolute atomic E-state index is 0.0875. The van der Waals surface area contributed by atoms with Gasteiger partial charge in [-0.1, -0.05) is 48.0 Å². The third-order valence-corrected chi connectivity index (χ3v) is 7.08. The molecule has 4 aromatic carbocycles. The van der Waals surface area contributed by atoms with Crippen molar-refractivity contribution < 1.29 is 24.0 Å². The molecule has 0 heterocycles. The zero-order valence-electron chi connectivity index (χ0n) is 25.0. The Hall–Kier alpha value is -5.81. The Kier molecular flexibility index (Phi) is 11.3. The Bertz CT molecular complexity index is 1780. The number of carbonyl (C=O) groups is 3. The van der Waals surface area contributed by atoms with Gasteiger partial charge in [-0.05, 0) is 74.0 Å². The van der Waals surface area contributed by atoms with Gasteiger partial charge in [0, 0.05) is 36.5 Å². The van der Waals surface area contributed by atoms with Crippen LogP contribution >= 0.6 is 11.6 Å². The van der Waals surface area contributed by atoms with Crippen LogP contribution in [0.2, 0.25) is 5.02 Å². The van der Waals surface area contributed by atoms with Crippen molar-refractivity contribution in [2.24, 2.45) is 5.10 Å². The molecule has 4 aromatic rings. The summed E-state index contributed by atoms with van der Waals surface area (Å²) in [5.41, 5.74) is 4.49. The SMILES string of the molecule is CCN(CC)c1ccc(/C=C(/NC(=O)c2ccccc2Cl)C(=O)N/N=C/c2ccccc2OC(=O)c2ccc([N+](=O)[O-])cc2)cc1. The number of hydrazone groups is 1. The lowest BCUT2D eigenvalue weighted by Crippen LogP contribution is -2.33. The third-order valence-electron chi connectivity index (χ3n) is 6.75. The van der Waals surface area contributed by atoms with Crippen LogP contribution in [0.3, 0.4) is 0 Å². The van der Waals surface area contributed by atoms with Crippen molar-refractivity contribution in [2.45, 2.75) is 13.8 Å². The summed E-state index contributed by atoms with van der Waals surface area (Å²) in [5.74, 6) is -1.90. The summed E-state index contributed by atoms with van der Waals surface area (Å²) in [6.07, 6.45) is 2.80. The Balaban J connectivity index is 1.53. The number of esters is 1. The van der Waals surface area contributed by atoms with E-state index in [1.807, 2.05) is 24.3 Å². The predicted octanol–water partition coefficient (Wildman–Crippen LogP) is 6.23. The van der Waals surface area contributed by atoms with Crippen molar-refractivity contribution in [1.82, 2.24) is 10.7 Å². The van der Waals surface area contributed by atoms with Gasteiger partial charge < -0.3 is 15.0 Å². The normalized spacial score (nSPS) is 11.2. The molecule has 11 nitrogen and oxygen atoms in total. The van der Waals surface area contributed by atoms with E-state index in [1.165, 1.54) is 42.6 Å². The number of non-ortho nitro benzene ring substituents is 1. The lowest BCUT2D eigenvalue weighted by molar-refractivity contribution is -0.384. The van der Waals surface area contributed by atoms with Crippen LogP contribution in [0, 0.1) is 10.1 Å². The first-order valence-corrected chi connectivity index (χ1v) is 14.6. The van der Waals surface area contributed by atoms with Crippen LogP contribution < -0.4 is 20.4 Å². The number of hydrogen-bond donors (Lipinski definition) is 2. The molecule has 0 spiro atoms. The zero-order chi connectivity index (χ0) is 33.1. The van der Waals surface area contributed by atoms with E-state index in [0.717, 1.165) is 18.8 Å². The van der Waals surface area contributed by atoms with Gasteiger partial charge in [-0.2, -0.15) is 5.10 Å². The monoisotopic (exact) mass is 639 g/mol. The number of halogens is 1. The number of nitro benzene ring substituents is 1. The van der Waals surface area contributed by atoms with Gasteiger partial charge in [0.1, 0.15) is 11.4 Å². The number of nitrogens with one attached hydrogen (secondary N) is 2. The molecule has 0 saturated carbocycles. The van der Waals surface area contributed by atoms with E-state index >= 15 is 0 Å². The van der Waals surface area contributed by atoms with Crippen LogP contribution in [-0.4, -0.2) is 42.0 Å². The van der Waals surface area contributed by atoms with Gasteiger partial charge in [0.05, 0.1) is 27.3 Å². The summed E-state index contributed by atoms with van der Waals surface area (Å²) >= 11 is 6.21. The highest BCUT2D eigenvalue weighted by atomic mass is 35.5. The van der Waals surface area contributed by atoms with Gasteiger partial charge in [0.25, 0.3) is 17.5 Å². The molecule has 0 saturated heterocycles. The molecule has 0 fully saturated rings. The number of ether oxygens (including phenoxy) is 1. The summed E-state index contributed by atoms with van der Waals surface area (Å²) in [6, 6.07) is 25.4. The summed E-state index contributed by atoms with van der Waals surface area (Å²) < 4.78 is 5.47. The van der Waals surface area contributed by atoms with E-state index in [-0.39, 0.29) is 33.3 Å². The van der Waals surface area contributed by atoms with Gasteiger partial charge in [-0.15, -0.1) is 0 Å². The Morgan fingerprint density at radius 1 is 0.913 bits per heavy atom. The highest BCUT2D eigenvalue weighted by molar-refractivity contribution is 6.34. The Morgan fingerprint density at radius 3 is 2.22 bits per heavy atom. The second-order valence-corrected chi connectivity index (χ2v) is 10.1. The number of amides is 2. The quantitative estimate of drug-likeness (QED) is 0.0467. The zero-order valence-corrected chi connectivity index (χ0v) is 25.7. The number of nitrogens with zero attached hydrogens (tertiary/aromatic N) is 3. The number of hydrogen-bond acceptors (Lipinski definition) is 8. The maximum Gasteiger partial charge on any atom is 0.343 e. The minimum atomic E-state index is -0.737. The maximum atomic E-state index is 13.3. The lowest BCUT2D eigenvalue weighted by Gasteiger charge is -2.21. The maximum absolute atomic E-state index is 13.3. The number of anilines is 1. The summed E-state index contributed by atoms with van der Waals surface area (Å²) in [6.45, 7) is 5.80. The number of rotatable bonds is 12. The molecule has 0 aliphatic rings. The molecule has 0 aliphatic heterocycles. The van der Waals surface area contributed by atoms with Crippen LogP contribution in [0.1, 0.15) is 45.7 Å². The van der Waals surface area contributed by atoms with Crippen LogP contribution in [0.25, 0.3) is 6.08 Å². The van der Waals surface area contributed by atoms with Crippen LogP contribution in [0.4, 0.5) is 11.4 Å². The predicted molar refractivity (Wildman–Crippen MR) is 177 cm³/mol. The molecule has 12 heteroatoms. The second-order valence-electron chi connectivity index (χ2n) is 9.69. The molecule has 0 aliphatic carbocycles. The summed E-state index contributed by atoms with van der Waals surface area (Å²) in [7, 11) is 0. The van der Waals surface area contributed by atoms with Gasteiger partial charge in [0.2, 0.25) is 0 Å². The fraction of sp³-hybridized carbons (Fsp3) is 0.118. The molecule has 2 N–H and O–H groups in total. The molecule has 4 rings (SSSR count). The van der Waals surface area contributed by atoms with Gasteiger partial charge in [-0.25, -0.2) is 10.2 Å². The van der Waals surface area contributed by atoms with Crippen molar-refractivity contribution >= 4 is 53.0 Å². The Labute approximate surface area is 270 Å². The molecule has 0 radical (unpaired) electrons. The fourth-order valence-electron chi connectivity index (χ4n) is 4.31. The average molecular weight is 640 g/mol. The van der Waals surface area contributed by atoms with Gasteiger partial charge in [-0.3, -0.25) is 19.7 Å². The number of benzene rings is 4. The molecule has 0 atom stereocenters. The van der Waals surface area contributed by atoms with E-state index in [4.69, 9.17) is 16.3 Å². The highest BCUT2D eigenvalue weighted by Gasteiger charge is 2.17. The molecular formula is C34H30ClN5O6. The topological polar surface area (TPSA) is 143 Å². The molecule has 0 bridgehead atoms. The van der Waals surface area contributed by atoms with E-state index in [0.29, 0.717) is 11.1 Å². The van der Waals surface area contributed by atoms with E-state index in [2.05, 4.69) is 34.6 Å². The van der Waals surface area contributed by atoms with Crippen LogP contribution in [-0.2, 0) is 4.79 Å². The number of carbonyl (C=O) groups excluding carboxylic acids is 3. The largest absolute Gasteiger partial charge is 0.422 e. The first-order chi connectivity index (χ1) is 22.2. The van der Waals surface area contributed by atoms with E-state index < -0.39 is 22.7 Å². The number of nitro groups is 1. The molecule has 0 aromatic heterocycles. The molecule has 46 heavy (non-hydrogen) atoms. The first kappa shape index (κ1) is 33.1. The molecular weight excluding hydrogens is 610 g/mol. The lowest BCUT2D eigenvalue weighted by atomic mass is 10.1. The average Bonchev–Trinajstić information content (AvgIpc) is 3.06. The van der Waals surface area contributed by atoms with E-state index in [9.17, 15) is 24.5 Å². The Morgan fingerprint density at radius 2 is 1.57 bits per heavy atom. The number of para-hydroxylation sites is 1. The van der Waals surface area contributed by atoms with E-state index in [1.54, 1.807) is 42.5 Å². The third kappa shape index (κ3) is 8.64. The highest BCUT2D eigenvalue weighted by Crippen LogP contribution is 2.20. The molecule has 2 amide bonds. The fourth-order valence-corrected chi connectivity index (χ4v) is 4.53. The smallest absolute Gasteiger partial charge is 0.343 e. The minimum Gasteiger partial charge on any atom is -0.422 e. The van der Waals surface area contributed by atoms with Crippen molar-refractivity contribution in [3.8, 4) is 5.75 Å². The first-order valence-electron chi connectivity index (χ1n) is 14.2. The van der Waals surface area contributed by atoms with Crippen molar-refractivity contribution in [2.75, 3.05) is 18.0 Å². The van der Waals surface area contributed by atoms with Crippen molar-refractivity contribution in [3.05, 3.63) is 140 Å². The summed E-state index contributed by atoms with van der Waals surface area (Å²) in [4.78, 5) is 51.5. The molecule has 234 valence electrons. The molecule has 0 unspecified atom stereocenters. The second kappa shape index (κ2) is 15.8. The van der Waals surface area contributed by atoms with Gasteiger partial charge in [0.15, 0.2) is 0 Å². The van der Waals surface area contributed by atoms with Gasteiger partial charge >= 0.3 is 5.97 Å². The standard InChI is InChI=1S/C34H30ClN5O6/c1-3-39(4-2)26-17-13-23(14-18-26)21-30(37-32(41)28-10-6-7-11-29(28)35)33(42)38-36-22-25-9-5-8-12-31(25)46-34(43)24-15-19-27(20-16-24)40(44)45/h5-22H,3-4H2,1-2H3,(H,37,41)(H,38,42)/b30-21+,36-22+. The van der Waals surface area contributed by atoms with Crippen molar-refractivity contribution in [3.63, 3.8) is 0 Å². The van der Waals surface area contributed by atoms with Crippen molar-refractivity contribution in [1.29, 1.82) is 0 Å². The van der Waals surface area contributed by atoms with Crippen LogP contribution in [0.5, 0.6) is 5.75 Å². The summed E-state index contributed by atoms with van der Waals surface area (Å²) in [5, 5.41) is 17.8. The van der Waals surface area contributed by atoms with Crippen LogP contribution in [0.15, 0.2) is 108 Å².